The van der Waals surface area contributed by atoms with E-state index in [9.17, 15) is 9.50 Å². The van der Waals surface area contributed by atoms with E-state index in [1.54, 1.807) is 18.2 Å². The molecule has 19 heavy (non-hydrogen) atoms. The largest absolute Gasteiger partial charge is 0.487 e. The van der Waals surface area contributed by atoms with Gasteiger partial charge < -0.3 is 9.84 Å². The van der Waals surface area contributed by atoms with Gasteiger partial charge in [-0.15, -0.1) is 0 Å². The van der Waals surface area contributed by atoms with Crippen LogP contribution in [0.15, 0.2) is 24.3 Å². The van der Waals surface area contributed by atoms with Crippen molar-refractivity contribution in [3.8, 4) is 5.75 Å². The first kappa shape index (κ1) is 12.9. The van der Waals surface area contributed by atoms with E-state index in [-0.39, 0.29) is 23.4 Å². The zero-order valence-electron chi connectivity index (χ0n) is 11.1. The minimum absolute atomic E-state index is 0.0301. The molecule has 0 bridgehead atoms. The predicted molar refractivity (Wildman–Crippen MR) is 71.6 cm³/mol. The van der Waals surface area contributed by atoms with Gasteiger partial charge in [0.2, 0.25) is 0 Å². The third-order valence-electron chi connectivity index (χ3n) is 4.88. The van der Waals surface area contributed by atoms with Crippen molar-refractivity contribution in [1.82, 2.24) is 0 Å². The van der Waals surface area contributed by atoms with E-state index in [0.29, 0.717) is 12.2 Å². The van der Waals surface area contributed by atoms with Crippen molar-refractivity contribution in [2.75, 3.05) is 0 Å². The summed E-state index contributed by atoms with van der Waals surface area (Å²) < 4.78 is 19.5. The van der Waals surface area contributed by atoms with Crippen LogP contribution >= 0.6 is 0 Å². The van der Waals surface area contributed by atoms with Crippen LogP contribution in [-0.4, -0.2) is 17.3 Å². The van der Waals surface area contributed by atoms with Crippen LogP contribution in [0.3, 0.4) is 0 Å². The molecule has 2 aliphatic carbocycles. The fraction of sp³-hybridized carbons (Fsp3) is 0.625. The number of rotatable bonds is 2. The summed E-state index contributed by atoms with van der Waals surface area (Å²) in [5.74, 6) is 0.00989. The average molecular weight is 264 g/mol. The highest BCUT2D eigenvalue weighted by molar-refractivity contribution is 5.25. The molecule has 2 unspecified atom stereocenters. The number of halogens is 1. The fourth-order valence-corrected chi connectivity index (χ4v) is 3.63. The van der Waals surface area contributed by atoms with E-state index in [1.807, 2.05) is 0 Å². The molecule has 0 amide bonds. The van der Waals surface area contributed by atoms with Gasteiger partial charge >= 0.3 is 0 Å². The zero-order valence-corrected chi connectivity index (χ0v) is 11.1. The summed E-state index contributed by atoms with van der Waals surface area (Å²) in [7, 11) is 0. The van der Waals surface area contributed by atoms with Crippen LogP contribution in [0.5, 0.6) is 5.75 Å². The van der Waals surface area contributed by atoms with Crippen molar-refractivity contribution >= 4 is 0 Å². The number of hydrogen-bond donors (Lipinski definition) is 1. The van der Waals surface area contributed by atoms with Crippen molar-refractivity contribution < 1.29 is 14.2 Å². The normalized spacial score (nSPS) is 29.6. The third-order valence-corrected chi connectivity index (χ3v) is 4.88. The average Bonchev–Trinajstić information content (AvgIpc) is 2.68. The predicted octanol–water partition coefficient (Wildman–Crippen LogP) is 3.68. The van der Waals surface area contributed by atoms with Gasteiger partial charge in [0.1, 0.15) is 6.10 Å². The second kappa shape index (κ2) is 5.12. The van der Waals surface area contributed by atoms with Gasteiger partial charge in [0.25, 0.3) is 0 Å². The molecule has 2 fully saturated rings. The van der Waals surface area contributed by atoms with Gasteiger partial charge in [-0.2, -0.15) is 0 Å². The van der Waals surface area contributed by atoms with Crippen LogP contribution in [-0.2, 0) is 0 Å². The highest BCUT2D eigenvalue weighted by Crippen LogP contribution is 2.52. The van der Waals surface area contributed by atoms with Crippen molar-refractivity contribution in [2.24, 2.45) is 5.41 Å². The first-order valence-electron chi connectivity index (χ1n) is 7.32. The molecule has 2 atom stereocenters. The summed E-state index contributed by atoms with van der Waals surface area (Å²) in [4.78, 5) is 0. The monoisotopic (exact) mass is 264 g/mol. The second-order valence-electron chi connectivity index (χ2n) is 5.94. The molecule has 3 heteroatoms. The van der Waals surface area contributed by atoms with Crippen molar-refractivity contribution in [3.05, 3.63) is 30.1 Å². The maximum Gasteiger partial charge on any atom is 0.165 e. The van der Waals surface area contributed by atoms with E-state index in [1.165, 1.54) is 18.9 Å². The molecular weight excluding hydrogens is 243 g/mol. The lowest BCUT2D eigenvalue weighted by atomic mass is 9.59. The molecule has 0 aromatic heterocycles. The molecule has 1 aromatic carbocycles. The van der Waals surface area contributed by atoms with Crippen LogP contribution in [0, 0.1) is 11.2 Å². The molecule has 2 nitrogen and oxygen atoms in total. The highest BCUT2D eigenvalue weighted by Gasteiger charge is 2.55. The van der Waals surface area contributed by atoms with E-state index in [2.05, 4.69) is 0 Å². The first-order chi connectivity index (χ1) is 9.22. The van der Waals surface area contributed by atoms with Crippen LogP contribution < -0.4 is 4.74 Å². The summed E-state index contributed by atoms with van der Waals surface area (Å²) >= 11 is 0. The molecular formula is C16H21FO2. The SMILES string of the molecule is OC1CC(Oc2ccccc2F)C12CCCCCC2. The number of ether oxygens (including phenoxy) is 1. The molecule has 1 aromatic rings. The van der Waals surface area contributed by atoms with Crippen LogP contribution in [0.1, 0.15) is 44.9 Å². The second-order valence-corrected chi connectivity index (χ2v) is 5.94. The molecule has 0 saturated heterocycles. The first-order valence-corrected chi connectivity index (χ1v) is 7.32. The summed E-state index contributed by atoms with van der Waals surface area (Å²) in [6.45, 7) is 0. The van der Waals surface area contributed by atoms with Gasteiger partial charge in [0, 0.05) is 11.8 Å². The van der Waals surface area contributed by atoms with Gasteiger partial charge in [-0.3, -0.25) is 0 Å². The van der Waals surface area contributed by atoms with E-state index in [0.717, 1.165) is 25.7 Å². The molecule has 0 heterocycles. The van der Waals surface area contributed by atoms with Gasteiger partial charge in [0.05, 0.1) is 6.10 Å². The van der Waals surface area contributed by atoms with Gasteiger partial charge in [-0.05, 0) is 25.0 Å². The minimum Gasteiger partial charge on any atom is -0.487 e. The molecule has 2 saturated carbocycles. The van der Waals surface area contributed by atoms with Gasteiger partial charge in [-0.1, -0.05) is 37.8 Å². The lowest BCUT2D eigenvalue weighted by molar-refractivity contribution is -0.163. The third kappa shape index (κ3) is 2.25. The molecule has 0 radical (unpaired) electrons. The Kier molecular flexibility index (Phi) is 3.48. The maximum atomic E-state index is 13.7. The summed E-state index contributed by atoms with van der Waals surface area (Å²) in [6.07, 6.45) is 7.11. The Morgan fingerprint density at radius 2 is 1.79 bits per heavy atom. The smallest absolute Gasteiger partial charge is 0.165 e. The number of para-hydroxylation sites is 1. The highest BCUT2D eigenvalue weighted by atomic mass is 19.1. The molecule has 3 rings (SSSR count). The Labute approximate surface area is 113 Å². The molecule has 2 aliphatic rings. The lowest BCUT2D eigenvalue weighted by Crippen LogP contribution is -2.59. The number of benzene rings is 1. The molecule has 104 valence electrons. The van der Waals surface area contributed by atoms with Crippen molar-refractivity contribution in [2.45, 2.75) is 57.2 Å². The van der Waals surface area contributed by atoms with Crippen LogP contribution in [0.2, 0.25) is 0 Å². The van der Waals surface area contributed by atoms with Crippen LogP contribution in [0.4, 0.5) is 4.39 Å². The Bertz CT molecular complexity index is 438. The quantitative estimate of drug-likeness (QED) is 0.883. The Balaban J connectivity index is 1.76. The van der Waals surface area contributed by atoms with Crippen molar-refractivity contribution in [1.29, 1.82) is 0 Å². The summed E-state index contributed by atoms with van der Waals surface area (Å²) in [6, 6.07) is 6.54. The van der Waals surface area contributed by atoms with Crippen molar-refractivity contribution in [3.63, 3.8) is 0 Å². The maximum absolute atomic E-state index is 13.7. The Morgan fingerprint density at radius 3 is 2.42 bits per heavy atom. The van der Waals surface area contributed by atoms with Crippen LogP contribution in [0.25, 0.3) is 0 Å². The summed E-state index contributed by atoms with van der Waals surface area (Å²) in [5, 5.41) is 10.2. The molecule has 1 spiro atoms. The van der Waals surface area contributed by atoms with E-state index in [4.69, 9.17) is 4.74 Å². The van der Waals surface area contributed by atoms with Gasteiger partial charge in [-0.25, -0.2) is 4.39 Å². The number of hydrogen-bond acceptors (Lipinski definition) is 2. The Morgan fingerprint density at radius 1 is 1.11 bits per heavy atom. The number of aliphatic hydroxyl groups excluding tert-OH is 1. The lowest BCUT2D eigenvalue weighted by Gasteiger charge is -2.53. The van der Waals surface area contributed by atoms with E-state index >= 15 is 0 Å². The zero-order chi connectivity index (χ0) is 13.3. The molecule has 1 N–H and O–H groups in total. The number of aliphatic hydroxyl groups is 1. The van der Waals surface area contributed by atoms with Gasteiger partial charge in [0.15, 0.2) is 11.6 Å². The Hall–Kier alpha value is -1.09. The minimum atomic E-state index is -0.312. The standard InChI is InChI=1S/C16H21FO2/c17-12-7-3-4-8-13(12)19-15-11-14(18)16(15)9-5-1-2-6-10-16/h3-4,7-8,14-15,18H,1-2,5-6,9-11H2. The topological polar surface area (TPSA) is 29.5 Å². The summed E-state index contributed by atoms with van der Waals surface area (Å²) in [5.41, 5.74) is -0.126. The molecule has 0 aliphatic heterocycles. The fourth-order valence-electron chi connectivity index (χ4n) is 3.63. The van der Waals surface area contributed by atoms with E-state index < -0.39 is 0 Å².